The normalized spacial score (nSPS) is 24.1. The molecule has 3 rings (SSSR count). The standard InChI is InChI=1S/C20H32N4O3/c1-4-23(5-2)20(26)18-13-15(14-24(18)16-8-11-27-12-9-16)21-19(25)17-7-6-10-22(17)3/h6-7,10,15-16,18H,4-5,8-9,11-14H2,1-3H3,(H,21,25)/t15-,18+/m1/s1. The summed E-state index contributed by atoms with van der Waals surface area (Å²) in [6, 6.07) is 3.86. The molecule has 2 fully saturated rings. The van der Waals surface area contributed by atoms with E-state index in [-0.39, 0.29) is 23.9 Å². The van der Waals surface area contributed by atoms with E-state index in [0.717, 1.165) is 32.6 Å². The van der Waals surface area contributed by atoms with Crippen LogP contribution in [0.1, 0.15) is 43.6 Å². The van der Waals surface area contributed by atoms with Crippen LogP contribution in [0.15, 0.2) is 18.3 Å². The van der Waals surface area contributed by atoms with Crippen molar-refractivity contribution in [3.05, 3.63) is 24.0 Å². The summed E-state index contributed by atoms with van der Waals surface area (Å²) < 4.78 is 7.32. The third-order valence-corrected chi connectivity index (χ3v) is 5.87. The molecule has 2 aliphatic rings. The molecular weight excluding hydrogens is 344 g/mol. The summed E-state index contributed by atoms with van der Waals surface area (Å²) in [5, 5.41) is 3.15. The van der Waals surface area contributed by atoms with Crippen LogP contribution in [-0.2, 0) is 16.6 Å². The van der Waals surface area contributed by atoms with Gasteiger partial charge < -0.3 is 19.5 Å². The first-order valence-corrected chi connectivity index (χ1v) is 10.1. The second kappa shape index (κ2) is 8.89. The number of nitrogens with one attached hydrogen (secondary N) is 1. The van der Waals surface area contributed by atoms with Gasteiger partial charge in [-0.1, -0.05) is 0 Å². The molecule has 0 spiro atoms. The number of likely N-dealkylation sites (tertiary alicyclic amines) is 1. The molecule has 0 aliphatic carbocycles. The van der Waals surface area contributed by atoms with Gasteiger partial charge in [0.1, 0.15) is 5.69 Å². The van der Waals surface area contributed by atoms with Crippen molar-refractivity contribution in [1.82, 2.24) is 19.7 Å². The van der Waals surface area contributed by atoms with E-state index in [1.54, 1.807) is 0 Å². The molecule has 1 N–H and O–H groups in total. The zero-order valence-corrected chi connectivity index (χ0v) is 16.7. The van der Waals surface area contributed by atoms with Crippen LogP contribution in [0.25, 0.3) is 0 Å². The highest BCUT2D eigenvalue weighted by molar-refractivity contribution is 5.93. The van der Waals surface area contributed by atoms with Gasteiger partial charge in [0, 0.05) is 58.2 Å². The highest BCUT2D eigenvalue weighted by atomic mass is 16.5. The minimum Gasteiger partial charge on any atom is -0.381 e. The Labute approximate surface area is 161 Å². The van der Waals surface area contributed by atoms with E-state index in [2.05, 4.69) is 10.2 Å². The minimum atomic E-state index is -0.160. The smallest absolute Gasteiger partial charge is 0.268 e. The molecule has 2 atom stereocenters. The molecule has 0 aromatic carbocycles. The van der Waals surface area contributed by atoms with Crippen molar-refractivity contribution in [3.8, 4) is 0 Å². The number of rotatable bonds is 6. The molecule has 0 saturated carbocycles. The summed E-state index contributed by atoms with van der Waals surface area (Å²) in [7, 11) is 1.87. The van der Waals surface area contributed by atoms with Gasteiger partial charge in [-0.15, -0.1) is 0 Å². The lowest BCUT2D eigenvalue weighted by Crippen LogP contribution is -2.50. The van der Waals surface area contributed by atoms with Gasteiger partial charge in [-0.2, -0.15) is 0 Å². The highest BCUT2D eigenvalue weighted by Crippen LogP contribution is 2.27. The van der Waals surface area contributed by atoms with Crippen LogP contribution in [-0.4, -0.2) is 77.2 Å². The maximum atomic E-state index is 13.1. The summed E-state index contributed by atoms with van der Waals surface area (Å²) in [5.74, 6) is 0.109. The van der Waals surface area contributed by atoms with Crippen molar-refractivity contribution < 1.29 is 14.3 Å². The topological polar surface area (TPSA) is 66.8 Å². The Kier molecular flexibility index (Phi) is 6.55. The van der Waals surface area contributed by atoms with Gasteiger partial charge in [0.25, 0.3) is 5.91 Å². The SMILES string of the molecule is CCN(CC)C(=O)[C@@H]1C[C@@H](NC(=O)c2cccn2C)CN1C1CCOCC1. The van der Waals surface area contributed by atoms with E-state index in [1.807, 2.05) is 48.7 Å². The van der Waals surface area contributed by atoms with E-state index in [0.29, 0.717) is 31.2 Å². The highest BCUT2D eigenvalue weighted by Gasteiger charge is 2.42. The number of aryl methyl sites for hydroxylation is 1. The van der Waals surface area contributed by atoms with Crippen molar-refractivity contribution in [3.63, 3.8) is 0 Å². The van der Waals surface area contributed by atoms with E-state index >= 15 is 0 Å². The van der Waals surface area contributed by atoms with Crippen LogP contribution in [0.2, 0.25) is 0 Å². The van der Waals surface area contributed by atoms with Crippen molar-refractivity contribution in [2.24, 2.45) is 7.05 Å². The van der Waals surface area contributed by atoms with Crippen molar-refractivity contribution in [2.75, 3.05) is 32.8 Å². The Morgan fingerprint density at radius 3 is 2.56 bits per heavy atom. The first-order valence-electron chi connectivity index (χ1n) is 10.1. The van der Waals surface area contributed by atoms with E-state index < -0.39 is 0 Å². The molecule has 2 aliphatic heterocycles. The average Bonchev–Trinajstić information content (AvgIpc) is 3.29. The zero-order chi connectivity index (χ0) is 19.4. The Morgan fingerprint density at radius 1 is 1.26 bits per heavy atom. The van der Waals surface area contributed by atoms with Gasteiger partial charge in [-0.3, -0.25) is 14.5 Å². The van der Waals surface area contributed by atoms with Crippen LogP contribution in [0.3, 0.4) is 0 Å². The first-order chi connectivity index (χ1) is 13.0. The molecule has 1 aromatic heterocycles. The summed E-state index contributed by atoms with van der Waals surface area (Å²) >= 11 is 0. The summed E-state index contributed by atoms with van der Waals surface area (Å²) in [4.78, 5) is 30.0. The third-order valence-electron chi connectivity index (χ3n) is 5.87. The second-order valence-corrected chi connectivity index (χ2v) is 7.48. The summed E-state index contributed by atoms with van der Waals surface area (Å²) in [5.41, 5.74) is 0.645. The molecule has 7 nitrogen and oxygen atoms in total. The fourth-order valence-electron chi connectivity index (χ4n) is 4.33. The lowest BCUT2D eigenvalue weighted by molar-refractivity contribution is -0.137. The number of hydrogen-bond donors (Lipinski definition) is 1. The molecule has 150 valence electrons. The maximum absolute atomic E-state index is 13.1. The Bertz CT molecular complexity index is 649. The number of hydrogen-bond acceptors (Lipinski definition) is 4. The number of likely N-dealkylation sites (N-methyl/N-ethyl adjacent to an activating group) is 1. The predicted octanol–water partition coefficient (Wildman–Crippen LogP) is 1.25. The number of nitrogens with zero attached hydrogens (tertiary/aromatic N) is 3. The van der Waals surface area contributed by atoms with E-state index in [1.165, 1.54) is 0 Å². The molecule has 0 bridgehead atoms. The van der Waals surface area contributed by atoms with Gasteiger partial charge in [0.05, 0.1) is 6.04 Å². The quantitative estimate of drug-likeness (QED) is 0.811. The van der Waals surface area contributed by atoms with Crippen molar-refractivity contribution in [2.45, 2.75) is 51.2 Å². The molecule has 1 aromatic rings. The van der Waals surface area contributed by atoms with Gasteiger partial charge >= 0.3 is 0 Å². The van der Waals surface area contributed by atoms with Crippen LogP contribution in [0, 0.1) is 0 Å². The number of aromatic nitrogens is 1. The van der Waals surface area contributed by atoms with Crippen LogP contribution >= 0.6 is 0 Å². The first kappa shape index (κ1) is 19.9. The van der Waals surface area contributed by atoms with Crippen LogP contribution < -0.4 is 5.32 Å². The molecule has 3 heterocycles. The Morgan fingerprint density at radius 2 is 1.96 bits per heavy atom. The number of ether oxygens (including phenoxy) is 1. The van der Waals surface area contributed by atoms with Crippen molar-refractivity contribution >= 4 is 11.8 Å². The van der Waals surface area contributed by atoms with E-state index in [9.17, 15) is 9.59 Å². The Balaban J connectivity index is 1.73. The second-order valence-electron chi connectivity index (χ2n) is 7.48. The average molecular weight is 377 g/mol. The molecule has 2 amide bonds. The molecule has 2 saturated heterocycles. The fraction of sp³-hybridized carbons (Fsp3) is 0.700. The minimum absolute atomic E-state index is 0.0141. The van der Waals surface area contributed by atoms with Crippen LogP contribution in [0.4, 0.5) is 0 Å². The molecule has 0 unspecified atom stereocenters. The van der Waals surface area contributed by atoms with E-state index in [4.69, 9.17) is 4.74 Å². The van der Waals surface area contributed by atoms with Gasteiger partial charge in [0.2, 0.25) is 5.91 Å². The predicted molar refractivity (Wildman–Crippen MR) is 104 cm³/mol. The summed E-state index contributed by atoms with van der Waals surface area (Å²) in [6.45, 7) is 7.68. The molecule has 27 heavy (non-hydrogen) atoms. The largest absolute Gasteiger partial charge is 0.381 e. The molecular formula is C20H32N4O3. The van der Waals surface area contributed by atoms with Gasteiger partial charge in [-0.05, 0) is 45.2 Å². The van der Waals surface area contributed by atoms with Gasteiger partial charge in [-0.25, -0.2) is 0 Å². The molecule has 0 radical (unpaired) electrons. The lowest BCUT2D eigenvalue weighted by Gasteiger charge is -2.36. The fourth-order valence-corrected chi connectivity index (χ4v) is 4.33. The zero-order valence-electron chi connectivity index (χ0n) is 16.7. The van der Waals surface area contributed by atoms with Crippen LogP contribution in [0.5, 0.6) is 0 Å². The van der Waals surface area contributed by atoms with Gasteiger partial charge in [0.15, 0.2) is 0 Å². The summed E-state index contributed by atoms with van der Waals surface area (Å²) in [6.07, 6.45) is 4.43. The monoisotopic (exact) mass is 376 g/mol. The Hall–Kier alpha value is -1.86. The molecule has 7 heteroatoms. The third kappa shape index (κ3) is 4.35. The maximum Gasteiger partial charge on any atom is 0.268 e. The number of carbonyl (C=O) groups is 2. The van der Waals surface area contributed by atoms with Crippen molar-refractivity contribution in [1.29, 1.82) is 0 Å². The lowest BCUT2D eigenvalue weighted by atomic mass is 10.1. The number of carbonyl (C=O) groups excluding carboxylic acids is 2. The number of amides is 2.